The normalized spacial score (nSPS) is 11.8. The molecule has 0 radical (unpaired) electrons. The molecule has 2 heteroatoms. The summed E-state index contributed by atoms with van der Waals surface area (Å²) in [5, 5.41) is 3.46. The Kier molecular flexibility index (Phi) is 5.16. The molecule has 0 saturated carbocycles. The van der Waals surface area contributed by atoms with E-state index in [-0.39, 0.29) is 5.60 Å². The average molecular weight is 235 g/mol. The van der Waals surface area contributed by atoms with Gasteiger partial charge in [0.1, 0.15) is 0 Å². The summed E-state index contributed by atoms with van der Waals surface area (Å²) in [5.74, 6) is 0. The molecule has 96 valence electrons. The average Bonchev–Trinajstić information content (AvgIpc) is 2.21. The van der Waals surface area contributed by atoms with Crippen LogP contribution < -0.4 is 5.32 Å². The molecular formula is C15H25NO. The Labute approximate surface area is 105 Å². The highest BCUT2D eigenvalue weighted by Gasteiger charge is 2.16. The van der Waals surface area contributed by atoms with E-state index in [2.05, 4.69) is 51.2 Å². The first-order chi connectivity index (χ1) is 7.94. The van der Waals surface area contributed by atoms with Gasteiger partial charge in [0.05, 0.1) is 5.60 Å². The number of nitrogens with one attached hydrogen (secondary N) is 1. The van der Waals surface area contributed by atoms with Crippen LogP contribution in [0.15, 0.2) is 18.2 Å². The molecule has 1 aromatic carbocycles. The van der Waals surface area contributed by atoms with Crippen LogP contribution in [-0.2, 0) is 11.3 Å². The zero-order valence-electron chi connectivity index (χ0n) is 11.8. The van der Waals surface area contributed by atoms with E-state index in [1.807, 2.05) is 6.92 Å². The van der Waals surface area contributed by atoms with Crippen molar-refractivity contribution in [3.05, 3.63) is 34.9 Å². The van der Waals surface area contributed by atoms with Crippen LogP contribution in [0.25, 0.3) is 0 Å². The van der Waals surface area contributed by atoms with Crippen LogP contribution in [-0.4, -0.2) is 18.8 Å². The maximum Gasteiger partial charge on any atom is 0.0750 e. The Bertz CT molecular complexity index is 358. The highest BCUT2D eigenvalue weighted by Crippen LogP contribution is 2.11. The van der Waals surface area contributed by atoms with E-state index < -0.39 is 0 Å². The van der Waals surface area contributed by atoms with Gasteiger partial charge in [-0.2, -0.15) is 0 Å². The zero-order chi connectivity index (χ0) is 12.9. The van der Waals surface area contributed by atoms with Gasteiger partial charge in [-0.15, -0.1) is 0 Å². The highest BCUT2D eigenvalue weighted by atomic mass is 16.5. The minimum absolute atomic E-state index is 0.0899. The second-order valence-electron chi connectivity index (χ2n) is 5.23. The Balaban J connectivity index is 2.46. The first kappa shape index (κ1) is 14.2. The van der Waals surface area contributed by atoms with E-state index in [0.29, 0.717) is 0 Å². The van der Waals surface area contributed by atoms with Crippen LogP contribution in [0.2, 0.25) is 0 Å². The highest BCUT2D eigenvalue weighted by molar-refractivity contribution is 5.30. The van der Waals surface area contributed by atoms with Crippen LogP contribution in [0.3, 0.4) is 0 Å². The molecule has 2 nitrogen and oxygen atoms in total. The number of rotatable bonds is 6. The van der Waals surface area contributed by atoms with Crippen molar-refractivity contribution >= 4 is 0 Å². The Morgan fingerprint density at radius 2 is 1.94 bits per heavy atom. The van der Waals surface area contributed by atoms with Gasteiger partial charge in [-0.3, -0.25) is 0 Å². The summed E-state index contributed by atoms with van der Waals surface area (Å²) in [5.41, 5.74) is 3.95. The van der Waals surface area contributed by atoms with Gasteiger partial charge < -0.3 is 10.1 Å². The molecule has 1 aromatic rings. The number of aryl methyl sites for hydroxylation is 2. The SMILES string of the molecule is CCOC(C)(C)CNCc1ccc(C)cc1C. The Hall–Kier alpha value is -0.860. The lowest BCUT2D eigenvalue weighted by atomic mass is 10.1. The van der Waals surface area contributed by atoms with Crippen molar-refractivity contribution in [2.75, 3.05) is 13.2 Å². The van der Waals surface area contributed by atoms with Gasteiger partial charge in [0, 0.05) is 19.7 Å². The van der Waals surface area contributed by atoms with Crippen molar-refractivity contribution in [3.63, 3.8) is 0 Å². The number of benzene rings is 1. The van der Waals surface area contributed by atoms with Gasteiger partial charge in [0.15, 0.2) is 0 Å². The molecule has 17 heavy (non-hydrogen) atoms. The summed E-state index contributed by atoms with van der Waals surface area (Å²) in [6.07, 6.45) is 0. The van der Waals surface area contributed by atoms with E-state index in [1.165, 1.54) is 16.7 Å². The molecule has 0 spiro atoms. The first-order valence-corrected chi connectivity index (χ1v) is 6.35. The lowest BCUT2D eigenvalue weighted by Crippen LogP contribution is -2.37. The first-order valence-electron chi connectivity index (χ1n) is 6.35. The van der Waals surface area contributed by atoms with Crippen LogP contribution in [0.5, 0.6) is 0 Å². The van der Waals surface area contributed by atoms with Crippen LogP contribution in [0.1, 0.15) is 37.5 Å². The molecule has 0 bridgehead atoms. The summed E-state index contributed by atoms with van der Waals surface area (Å²) >= 11 is 0. The number of hydrogen-bond acceptors (Lipinski definition) is 2. The maximum atomic E-state index is 5.65. The summed E-state index contributed by atoms with van der Waals surface area (Å²) in [4.78, 5) is 0. The standard InChI is InChI=1S/C15H25NO/c1-6-17-15(4,5)11-16-10-14-8-7-12(2)9-13(14)3/h7-9,16H,6,10-11H2,1-5H3. The van der Waals surface area contributed by atoms with Crippen molar-refractivity contribution < 1.29 is 4.74 Å². The van der Waals surface area contributed by atoms with Crippen molar-refractivity contribution in [1.29, 1.82) is 0 Å². The maximum absolute atomic E-state index is 5.65. The topological polar surface area (TPSA) is 21.3 Å². The van der Waals surface area contributed by atoms with Crippen molar-refractivity contribution in [2.45, 2.75) is 46.8 Å². The van der Waals surface area contributed by atoms with E-state index in [9.17, 15) is 0 Å². The monoisotopic (exact) mass is 235 g/mol. The molecule has 0 unspecified atom stereocenters. The molecule has 0 atom stereocenters. The molecule has 0 fully saturated rings. The Morgan fingerprint density at radius 1 is 1.24 bits per heavy atom. The van der Waals surface area contributed by atoms with Crippen LogP contribution in [0, 0.1) is 13.8 Å². The van der Waals surface area contributed by atoms with Crippen LogP contribution >= 0.6 is 0 Å². The quantitative estimate of drug-likeness (QED) is 0.817. The molecule has 1 N–H and O–H groups in total. The molecular weight excluding hydrogens is 210 g/mol. The summed E-state index contributed by atoms with van der Waals surface area (Å²) in [6.45, 7) is 13.1. The van der Waals surface area contributed by atoms with Gasteiger partial charge >= 0.3 is 0 Å². The number of hydrogen-bond donors (Lipinski definition) is 1. The van der Waals surface area contributed by atoms with E-state index >= 15 is 0 Å². The molecule has 0 amide bonds. The number of ether oxygens (including phenoxy) is 1. The summed E-state index contributed by atoms with van der Waals surface area (Å²) in [7, 11) is 0. The molecule has 0 aromatic heterocycles. The third kappa shape index (κ3) is 4.88. The van der Waals surface area contributed by atoms with Gasteiger partial charge in [-0.25, -0.2) is 0 Å². The van der Waals surface area contributed by atoms with E-state index in [4.69, 9.17) is 4.74 Å². The third-order valence-corrected chi connectivity index (χ3v) is 2.90. The van der Waals surface area contributed by atoms with Gasteiger partial charge in [0.25, 0.3) is 0 Å². The van der Waals surface area contributed by atoms with E-state index in [1.54, 1.807) is 0 Å². The second-order valence-corrected chi connectivity index (χ2v) is 5.23. The Morgan fingerprint density at radius 3 is 2.53 bits per heavy atom. The molecule has 1 rings (SSSR count). The molecule has 0 aliphatic heterocycles. The van der Waals surface area contributed by atoms with Gasteiger partial charge in [-0.1, -0.05) is 23.8 Å². The molecule has 0 aliphatic carbocycles. The van der Waals surface area contributed by atoms with Gasteiger partial charge in [0.2, 0.25) is 0 Å². The molecule has 0 saturated heterocycles. The predicted octanol–water partition coefficient (Wildman–Crippen LogP) is 3.21. The van der Waals surface area contributed by atoms with Crippen molar-refractivity contribution in [2.24, 2.45) is 0 Å². The smallest absolute Gasteiger partial charge is 0.0750 e. The lowest BCUT2D eigenvalue weighted by molar-refractivity contribution is -0.00898. The fraction of sp³-hybridized carbons (Fsp3) is 0.600. The second kappa shape index (κ2) is 6.18. The molecule has 0 aliphatic rings. The third-order valence-electron chi connectivity index (χ3n) is 2.90. The lowest BCUT2D eigenvalue weighted by Gasteiger charge is -2.25. The largest absolute Gasteiger partial charge is 0.375 e. The van der Waals surface area contributed by atoms with Crippen molar-refractivity contribution in [3.8, 4) is 0 Å². The molecule has 0 heterocycles. The minimum Gasteiger partial charge on any atom is -0.375 e. The minimum atomic E-state index is -0.0899. The fourth-order valence-electron chi connectivity index (χ4n) is 1.98. The van der Waals surface area contributed by atoms with Gasteiger partial charge in [-0.05, 0) is 45.7 Å². The van der Waals surface area contributed by atoms with E-state index in [0.717, 1.165) is 19.7 Å². The summed E-state index contributed by atoms with van der Waals surface area (Å²) in [6, 6.07) is 6.59. The van der Waals surface area contributed by atoms with Crippen molar-refractivity contribution in [1.82, 2.24) is 5.32 Å². The zero-order valence-corrected chi connectivity index (χ0v) is 11.8. The van der Waals surface area contributed by atoms with Crippen LogP contribution in [0.4, 0.5) is 0 Å². The fourth-order valence-corrected chi connectivity index (χ4v) is 1.98. The summed E-state index contributed by atoms with van der Waals surface area (Å²) < 4.78 is 5.65. The predicted molar refractivity (Wildman–Crippen MR) is 73.3 cm³/mol.